The van der Waals surface area contributed by atoms with Gasteiger partial charge in [0.05, 0.1) is 6.10 Å². The third kappa shape index (κ3) is 6.62. The number of hydrogen-bond acceptors (Lipinski definition) is 2. The third-order valence-corrected chi connectivity index (χ3v) is 1.83. The van der Waals surface area contributed by atoms with Crippen LogP contribution in [0.3, 0.4) is 0 Å². The van der Waals surface area contributed by atoms with Crippen molar-refractivity contribution >= 4 is 0 Å². The predicted octanol–water partition coefficient (Wildman–Crippen LogP) is 2.19. The standard InChI is InChI=1S/C10H23NO/c1-6-11-10(4,5)7-8-12-9(2)3/h9,11H,6-8H2,1-5H3. The summed E-state index contributed by atoms with van der Waals surface area (Å²) in [5.74, 6) is 0. The van der Waals surface area contributed by atoms with Crippen LogP contribution in [0.4, 0.5) is 0 Å². The molecule has 2 heteroatoms. The van der Waals surface area contributed by atoms with E-state index in [2.05, 4.69) is 39.9 Å². The Morgan fingerprint density at radius 1 is 1.33 bits per heavy atom. The summed E-state index contributed by atoms with van der Waals surface area (Å²) in [7, 11) is 0. The fourth-order valence-corrected chi connectivity index (χ4v) is 1.12. The highest BCUT2D eigenvalue weighted by Gasteiger charge is 2.15. The summed E-state index contributed by atoms with van der Waals surface area (Å²) in [6.45, 7) is 12.6. The second-order valence-electron chi connectivity index (χ2n) is 4.08. The zero-order valence-electron chi connectivity index (χ0n) is 9.11. The normalized spacial score (nSPS) is 12.5. The van der Waals surface area contributed by atoms with Crippen LogP contribution in [-0.2, 0) is 4.74 Å². The van der Waals surface area contributed by atoms with Crippen LogP contribution in [0.1, 0.15) is 41.0 Å². The molecule has 2 nitrogen and oxygen atoms in total. The molecule has 0 saturated heterocycles. The van der Waals surface area contributed by atoms with Crippen LogP contribution in [0.5, 0.6) is 0 Å². The van der Waals surface area contributed by atoms with E-state index in [1.807, 2.05) is 0 Å². The first-order valence-electron chi connectivity index (χ1n) is 4.84. The fraction of sp³-hybridized carbons (Fsp3) is 1.00. The first-order chi connectivity index (χ1) is 5.48. The fourth-order valence-electron chi connectivity index (χ4n) is 1.12. The lowest BCUT2D eigenvalue weighted by Gasteiger charge is -2.25. The highest BCUT2D eigenvalue weighted by Crippen LogP contribution is 2.08. The lowest BCUT2D eigenvalue weighted by atomic mass is 10.0. The van der Waals surface area contributed by atoms with Gasteiger partial charge in [-0.1, -0.05) is 6.92 Å². The molecule has 0 unspecified atom stereocenters. The number of nitrogens with one attached hydrogen (secondary N) is 1. The second kappa shape index (κ2) is 5.55. The molecule has 0 rings (SSSR count). The Labute approximate surface area is 76.7 Å². The van der Waals surface area contributed by atoms with Crippen molar-refractivity contribution in [3.05, 3.63) is 0 Å². The Morgan fingerprint density at radius 3 is 2.33 bits per heavy atom. The molecule has 0 aliphatic rings. The number of ether oxygens (including phenoxy) is 1. The van der Waals surface area contributed by atoms with Crippen molar-refractivity contribution in [2.45, 2.75) is 52.7 Å². The van der Waals surface area contributed by atoms with Crippen LogP contribution in [0, 0.1) is 0 Å². The molecule has 0 saturated carbocycles. The van der Waals surface area contributed by atoms with Crippen molar-refractivity contribution in [3.63, 3.8) is 0 Å². The summed E-state index contributed by atoms with van der Waals surface area (Å²) in [4.78, 5) is 0. The Bertz CT molecular complexity index is 110. The van der Waals surface area contributed by atoms with Crippen molar-refractivity contribution in [1.82, 2.24) is 5.32 Å². The van der Waals surface area contributed by atoms with E-state index in [1.54, 1.807) is 0 Å². The highest BCUT2D eigenvalue weighted by atomic mass is 16.5. The molecule has 0 bridgehead atoms. The maximum atomic E-state index is 5.48. The first-order valence-corrected chi connectivity index (χ1v) is 4.84. The van der Waals surface area contributed by atoms with Gasteiger partial charge < -0.3 is 10.1 Å². The van der Waals surface area contributed by atoms with Gasteiger partial charge >= 0.3 is 0 Å². The summed E-state index contributed by atoms with van der Waals surface area (Å²) in [6.07, 6.45) is 1.42. The van der Waals surface area contributed by atoms with Gasteiger partial charge in [0.15, 0.2) is 0 Å². The number of hydrogen-bond donors (Lipinski definition) is 1. The van der Waals surface area contributed by atoms with Crippen LogP contribution < -0.4 is 5.32 Å². The summed E-state index contributed by atoms with van der Waals surface area (Å²) in [5, 5.41) is 3.42. The lowest BCUT2D eigenvalue weighted by Crippen LogP contribution is -2.40. The van der Waals surface area contributed by atoms with E-state index in [0.29, 0.717) is 6.10 Å². The van der Waals surface area contributed by atoms with Gasteiger partial charge in [0, 0.05) is 12.1 Å². The second-order valence-corrected chi connectivity index (χ2v) is 4.08. The quantitative estimate of drug-likeness (QED) is 0.665. The van der Waals surface area contributed by atoms with E-state index in [0.717, 1.165) is 19.6 Å². The molecule has 0 atom stereocenters. The van der Waals surface area contributed by atoms with Gasteiger partial charge in [0.25, 0.3) is 0 Å². The molecule has 1 N–H and O–H groups in total. The van der Waals surface area contributed by atoms with Crippen LogP contribution in [0.15, 0.2) is 0 Å². The van der Waals surface area contributed by atoms with E-state index in [4.69, 9.17) is 4.74 Å². The zero-order chi connectivity index (χ0) is 9.61. The maximum absolute atomic E-state index is 5.48. The van der Waals surface area contributed by atoms with Crippen molar-refractivity contribution in [1.29, 1.82) is 0 Å². The average Bonchev–Trinajstić information content (AvgIpc) is 1.85. The molecule has 0 amide bonds. The Balaban J connectivity index is 3.46. The molecule has 0 aromatic heterocycles. The molecule has 0 aromatic rings. The van der Waals surface area contributed by atoms with Crippen molar-refractivity contribution < 1.29 is 4.74 Å². The minimum absolute atomic E-state index is 0.212. The van der Waals surface area contributed by atoms with Gasteiger partial charge in [-0.2, -0.15) is 0 Å². The highest BCUT2D eigenvalue weighted by molar-refractivity contribution is 4.75. The molecule has 0 heterocycles. The monoisotopic (exact) mass is 173 g/mol. The predicted molar refractivity (Wildman–Crippen MR) is 53.5 cm³/mol. The molecular weight excluding hydrogens is 150 g/mol. The van der Waals surface area contributed by atoms with Crippen LogP contribution in [-0.4, -0.2) is 24.8 Å². The number of rotatable bonds is 6. The van der Waals surface area contributed by atoms with Crippen molar-refractivity contribution in [2.75, 3.05) is 13.2 Å². The van der Waals surface area contributed by atoms with Crippen molar-refractivity contribution in [3.8, 4) is 0 Å². The van der Waals surface area contributed by atoms with E-state index in [1.165, 1.54) is 0 Å². The SMILES string of the molecule is CCNC(C)(C)CCOC(C)C. The minimum Gasteiger partial charge on any atom is -0.379 e. The summed E-state index contributed by atoms with van der Waals surface area (Å²) in [6, 6.07) is 0. The summed E-state index contributed by atoms with van der Waals surface area (Å²) >= 11 is 0. The first kappa shape index (κ1) is 11.9. The molecule has 0 aliphatic heterocycles. The van der Waals surface area contributed by atoms with E-state index in [-0.39, 0.29) is 5.54 Å². The van der Waals surface area contributed by atoms with Gasteiger partial charge in [-0.3, -0.25) is 0 Å². The largest absolute Gasteiger partial charge is 0.379 e. The Hall–Kier alpha value is -0.0800. The molecule has 0 spiro atoms. The summed E-state index contributed by atoms with van der Waals surface area (Å²) in [5.41, 5.74) is 0.212. The molecular formula is C10H23NO. The van der Waals surface area contributed by atoms with Gasteiger partial charge in [-0.25, -0.2) is 0 Å². The molecule has 0 aromatic carbocycles. The van der Waals surface area contributed by atoms with E-state index < -0.39 is 0 Å². The van der Waals surface area contributed by atoms with Gasteiger partial charge in [0.2, 0.25) is 0 Å². The molecule has 12 heavy (non-hydrogen) atoms. The zero-order valence-corrected chi connectivity index (χ0v) is 9.11. The van der Waals surface area contributed by atoms with Gasteiger partial charge in [-0.15, -0.1) is 0 Å². The van der Waals surface area contributed by atoms with Crippen LogP contribution >= 0.6 is 0 Å². The van der Waals surface area contributed by atoms with Crippen LogP contribution in [0.25, 0.3) is 0 Å². The van der Waals surface area contributed by atoms with Crippen LogP contribution in [0.2, 0.25) is 0 Å². The Morgan fingerprint density at radius 2 is 1.92 bits per heavy atom. The van der Waals surface area contributed by atoms with E-state index in [9.17, 15) is 0 Å². The van der Waals surface area contributed by atoms with E-state index >= 15 is 0 Å². The third-order valence-electron chi connectivity index (χ3n) is 1.83. The Kier molecular flexibility index (Phi) is 5.51. The van der Waals surface area contributed by atoms with Gasteiger partial charge in [-0.05, 0) is 40.7 Å². The average molecular weight is 173 g/mol. The lowest BCUT2D eigenvalue weighted by molar-refractivity contribution is 0.0642. The van der Waals surface area contributed by atoms with Crippen molar-refractivity contribution in [2.24, 2.45) is 0 Å². The molecule has 0 radical (unpaired) electrons. The molecule has 74 valence electrons. The molecule has 0 fully saturated rings. The minimum atomic E-state index is 0.212. The topological polar surface area (TPSA) is 21.3 Å². The maximum Gasteiger partial charge on any atom is 0.0518 e. The van der Waals surface area contributed by atoms with Gasteiger partial charge in [0.1, 0.15) is 0 Å². The summed E-state index contributed by atoms with van der Waals surface area (Å²) < 4.78 is 5.48. The molecule has 0 aliphatic carbocycles. The smallest absolute Gasteiger partial charge is 0.0518 e.